The molecule has 0 atom stereocenters. The zero-order valence-corrected chi connectivity index (χ0v) is 13.5. The Hall–Kier alpha value is -3.08. The van der Waals surface area contributed by atoms with Crippen molar-refractivity contribution in [2.45, 2.75) is 13.0 Å². The highest BCUT2D eigenvalue weighted by molar-refractivity contribution is 5.92. The largest absolute Gasteiger partial charge is 0.497 e. The molecule has 1 amide bonds. The highest BCUT2D eigenvalue weighted by Crippen LogP contribution is 2.14. The molecule has 3 rings (SSSR count). The van der Waals surface area contributed by atoms with Gasteiger partial charge in [0.05, 0.1) is 19.9 Å². The number of hydrogen-bond acceptors (Lipinski definition) is 3. The summed E-state index contributed by atoms with van der Waals surface area (Å²) in [6.07, 6.45) is 5.76. The summed E-state index contributed by atoms with van der Waals surface area (Å²) < 4.78 is 7.10. The molecule has 0 aliphatic rings. The van der Waals surface area contributed by atoms with Crippen LogP contribution in [0.3, 0.4) is 0 Å². The standard InChI is InChI=1S/C19H19N3O2/c1-24-18-7-5-15(6-8-18)12-19(23)21-17-4-2-3-16(11-17)13-22-10-9-20-14-22/h2-11,14H,12-13H2,1H3,(H,21,23). The van der Waals surface area contributed by atoms with E-state index >= 15 is 0 Å². The number of aromatic nitrogens is 2. The number of amides is 1. The Morgan fingerprint density at radius 2 is 2.00 bits per heavy atom. The van der Waals surface area contributed by atoms with Gasteiger partial charge in [0.25, 0.3) is 0 Å². The van der Waals surface area contributed by atoms with E-state index in [4.69, 9.17) is 4.74 Å². The van der Waals surface area contributed by atoms with Crippen LogP contribution in [-0.2, 0) is 17.8 Å². The first-order valence-corrected chi connectivity index (χ1v) is 7.70. The van der Waals surface area contributed by atoms with Crippen LogP contribution in [0.5, 0.6) is 5.75 Å². The Balaban J connectivity index is 1.61. The minimum Gasteiger partial charge on any atom is -0.497 e. The summed E-state index contributed by atoms with van der Waals surface area (Å²) in [5, 5.41) is 2.94. The molecule has 3 aromatic rings. The maximum atomic E-state index is 12.2. The molecule has 1 aromatic heterocycles. The molecule has 0 aliphatic heterocycles. The van der Waals surface area contributed by atoms with Crippen LogP contribution in [0.1, 0.15) is 11.1 Å². The maximum absolute atomic E-state index is 12.2. The molecule has 24 heavy (non-hydrogen) atoms. The normalized spacial score (nSPS) is 10.4. The minimum atomic E-state index is -0.0417. The van der Waals surface area contributed by atoms with Crippen LogP contribution in [0.2, 0.25) is 0 Å². The van der Waals surface area contributed by atoms with Crippen molar-refractivity contribution < 1.29 is 9.53 Å². The lowest BCUT2D eigenvalue weighted by Gasteiger charge is -2.08. The van der Waals surface area contributed by atoms with E-state index in [2.05, 4.69) is 10.3 Å². The number of methoxy groups -OCH3 is 1. The molecule has 0 unspecified atom stereocenters. The van der Waals surface area contributed by atoms with Crippen molar-refractivity contribution in [1.29, 1.82) is 0 Å². The molecule has 1 heterocycles. The van der Waals surface area contributed by atoms with Crippen molar-refractivity contribution in [2.24, 2.45) is 0 Å². The van der Waals surface area contributed by atoms with Crippen molar-refractivity contribution in [3.05, 3.63) is 78.4 Å². The average Bonchev–Trinajstić information content (AvgIpc) is 3.09. The van der Waals surface area contributed by atoms with Gasteiger partial charge in [0, 0.05) is 24.6 Å². The van der Waals surface area contributed by atoms with Crippen LogP contribution in [0, 0.1) is 0 Å². The number of ether oxygens (including phenoxy) is 1. The summed E-state index contributed by atoms with van der Waals surface area (Å²) in [4.78, 5) is 16.2. The predicted octanol–water partition coefficient (Wildman–Crippen LogP) is 3.12. The van der Waals surface area contributed by atoms with E-state index in [1.807, 2.05) is 59.3 Å². The lowest BCUT2D eigenvalue weighted by Crippen LogP contribution is -2.14. The fourth-order valence-electron chi connectivity index (χ4n) is 2.47. The van der Waals surface area contributed by atoms with Crippen molar-refractivity contribution >= 4 is 11.6 Å². The Labute approximate surface area is 140 Å². The summed E-state index contributed by atoms with van der Waals surface area (Å²) in [5.74, 6) is 0.742. The quantitative estimate of drug-likeness (QED) is 0.759. The molecule has 0 bridgehead atoms. The maximum Gasteiger partial charge on any atom is 0.228 e. The number of hydrogen-bond donors (Lipinski definition) is 1. The third-order valence-electron chi connectivity index (χ3n) is 3.66. The van der Waals surface area contributed by atoms with Crippen LogP contribution < -0.4 is 10.1 Å². The monoisotopic (exact) mass is 321 g/mol. The fraction of sp³-hybridized carbons (Fsp3) is 0.158. The van der Waals surface area contributed by atoms with Gasteiger partial charge in [-0.2, -0.15) is 0 Å². The summed E-state index contributed by atoms with van der Waals surface area (Å²) in [5.41, 5.74) is 2.85. The molecule has 5 heteroatoms. The predicted molar refractivity (Wildman–Crippen MR) is 93.1 cm³/mol. The third kappa shape index (κ3) is 4.23. The van der Waals surface area contributed by atoms with Gasteiger partial charge in [-0.25, -0.2) is 4.98 Å². The first-order valence-electron chi connectivity index (χ1n) is 7.70. The molecule has 0 aliphatic carbocycles. The molecule has 0 saturated carbocycles. The highest BCUT2D eigenvalue weighted by Gasteiger charge is 2.05. The summed E-state index contributed by atoms with van der Waals surface area (Å²) in [6, 6.07) is 15.3. The summed E-state index contributed by atoms with van der Waals surface area (Å²) in [7, 11) is 1.62. The van der Waals surface area contributed by atoms with Crippen LogP contribution >= 0.6 is 0 Å². The summed E-state index contributed by atoms with van der Waals surface area (Å²) >= 11 is 0. The fourth-order valence-corrected chi connectivity index (χ4v) is 2.47. The van der Waals surface area contributed by atoms with Gasteiger partial charge in [-0.3, -0.25) is 4.79 Å². The third-order valence-corrected chi connectivity index (χ3v) is 3.66. The van der Waals surface area contributed by atoms with Gasteiger partial charge in [0.15, 0.2) is 0 Å². The van der Waals surface area contributed by atoms with Gasteiger partial charge in [-0.15, -0.1) is 0 Å². The number of rotatable bonds is 6. The van der Waals surface area contributed by atoms with Crippen molar-refractivity contribution in [2.75, 3.05) is 12.4 Å². The topological polar surface area (TPSA) is 56.1 Å². The van der Waals surface area contributed by atoms with E-state index in [1.165, 1.54) is 0 Å². The Morgan fingerprint density at radius 1 is 1.17 bits per heavy atom. The van der Waals surface area contributed by atoms with Crippen molar-refractivity contribution in [3.63, 3.8) is 0 Å². The van der Waals surface area contributed by atoms with Crippen LogP contribution in [0.4, 0.5) is 5.69 Å². The van der Waals surface area contributed by atoms with E-state index in [9.17, 15) is 4.79 Å². The van der Waals surface area contributed by atoms with Crippen molar-refractivity contribution in [1.82, 2.24) is 9.55 Å². The van der Waals surface area contributed by atoms with Gasteiger partial charge >= 0.3 is 0 Å². The van der Waals surface area contributed by atoms with Gasteiger partial charge in [0.2, 0.25) is 5.91 Å². The molecule has 0 fully saturated rings. The van der Waals surface area contributed by atoms with Gasteiger partial charge in [-0.05, 0) is 35.4 Å². The molecule has 0 saturated heterocycles. The van der Waals surface area contributed by atoms with Crippen LogP contribution in [0.25, 0.3) is 0 Å². The number of benzene rings is 2. The number of nitrogens with zero attached hydrogens (tertiary/aromatic N) is 2. The molecular weight excluding hydrogens is 302 g/mol. The lowest BCUT2D eigenvalue weighted by atomic mass is 10.1. The number of nitrogens with one attached hydrogen (secondary N) is 1. The van der Waals surface area contributed by atoms with Crippen LogP contribution in [-0.4, -0.2) is 22.6 Å². The Kier molecular flexibility index (Phi) is 4.91. The second-order valence-electron chi connectivity index (χ2n) is 5.51. The van der Waals surface area contributed by atoms with E-state index < -0.39 is 0 Å². The zero-order valence-electron chi connectivity index (χ0n) is 13.5. The smallest absolute Gasteiger partial charge is 0.228 e. The Bertz CT molecular complexity index is 796. The molecule has 122 valence electrons. The first kappa shape index (κ1) is 15.8. The number of carbonyl (C=O) groups excluding carboxylic acids is 1. The Morgan fingerprint density at radius 3 is 2.71 bits per heavy atom. The average molecular weight is 321 g/mol. The molecule has 5 nitrogen and oxygen atoms in total. The second kappa shape index (κ2) is 7.46. The minimum absolute atomic E-state index is 0.0417. The molecular formula is C19H19N3O2. The molecule has 1 N–H and O–H groups in total. The number of anilines is 1. The van der Waals surface area contributed by atoms with Crippen molar-refractivity contribution in [3.8, 4) is 5.75 Å². The first-order chi connectivity index (χ1) is 11.7. The van der Waals surface area contributed by atoms with Gasteiger partial charge in [0.1, 0.15) is 5.75 Å². The van der Waals surface area contributed by atoms with Crippen LogP contribution in [0.15, 0.2) is 67.3 Å². The van der Waals surface area contributed by atoms with Gasteiger partial charge in [-0.1, -0.05) is 24.3 Å². The number of carbonyl (C=O) groups is 1. The molecule has 0 radical (unpaired) electrons. The molecule has 2 aromatic carbocycles. The number of imidazole rings is 1. The second-order valence-corrected chi connectivity index (χ2v) is 5.51. The molecule has 0 spiro atoms. The van der Waals surface area contributed by atoms with E-state index in [1.54, 1.807) is 19.6 Å². The lowest BCUT2D eigenvalue weighted by molar-refractivity contribution is -0.115. The van der Waals surface area contributed by atoms with E-state index in [0.29, 0.717) is 6.42 Å². The van der Waals surface area contributed by atoms with E-state index in [0.717, 1.165) is 29.1 Å². The summed E-state index contributed by atoms with van der Waals surface area (Å²) in [6.45, 7) is 0.724. The van der Waals surface area contributed by atoms with Gasteiger partial charge < -0.3 is 14.6 Å². The van der Waals surface area contributed by atoms with E-state index in [-0.39, 0.29) is 5.91 Å². The zero-order chi connectivity index (χ0) is 16.8. The highest BCUT2D eigenvalue weighted by atomic mass is 16.5. The SMILES string of the molecule is COc1ccc(CC(=O)Nc2cccc(Cn3ccnc3)c2)cc1.